The van der Waals surface area contributed by atoms with Crippen LogP contribution in [0.25, 0.3) is 0 Å². The lowest BCUT2D eigenvalue weighted by molar-refractivity contribution is 0.0203. The lowest BCUT2D eigenvalue weighted by atomic mass is 9.82. The number of aromatic nitrogens is 2. The van der Waals surface area contributed by atoms with Crippen molar-refractivity contribution in [3.05, 3.63) is 18.2 Å². The molecular weight excluding hydrogens is 310 g/mol. The Morgan fingerprint density at radius 3 is 2.17 bits per heavy atom. The Labute approximate surface area is 133 Å². The Balaban J connectivity index is 1.93. The molecule has 0 spiro atoms. The van der Waals surface area contributed by atoms with Crippen molar-refractivity contribution in [1.29, 1.82) is 0 Å². The molecule has 23 heavy (non-hydrogen) atoms. The smallest absolute Gasteiger partial charge is 0.445 e. The van der Waals surface area contributed by atoms with E-state index in [1.165, 1.54) is 0 Å². The number of nitrogens with zero attached hydrogens (tertiary/aromatic N) is 3. The number of rotatable bonds is 2. The normalized spacial score (nSPS) is 17.2. The van der Waals surface area contributed by atoms with E-state index in [1.54, 1.807) is 25.7 Å². The van der Waals surface area contributed by atoms with Crippen molar-refractivity contribution in [2.24, 2.45) is 0 Å². The standard InChI is InChI=1S/C14H20BF3N3O2/c1-14(2,3)23-13(22)21-6-4-10(5-7-21)12-19-8-11(9-20-12)15(16,17)18/h8-10H,4-7H2,1-3H3/q-1. The van der Waals surface area contributed by atoms with Gasteiger partial charge < -0.3 is 22.6 Å². The maximum absolute atomic E-state index is 12.6. The van der Waals surface area contributed by atoms with Gasteiger partial charge in [0.2, 0.25) is 0 Å². The Morgan fingerprint density at radius 2 is 1.74 bits per heavy atom. The summed E-state index contributed by atoms with van der Waals surface area (Å²) in [6.07, 6.45) is 2.52. The minimum Gasteiger partial charge on any atom is -0.445 e. The molecule has 5 nitrogen and oxygen atoms in total. The molecule has 0 aromatic carbocycles. The highest BCUT2D eigenvalue weighted by Crippen LogP contribution is 2.26. The van der Waals surface area contributed by atoms with E-state index < -0.39 is 18.0 Å². The fraction of sp³-hybridized carbons (Fsp3) is 0.643. The number of likely N-dealkylation sites (tertiary alicyclic amines) is 1. The zero-order chi connectivity index (χ0) is 17.3. The quantitative estimate of drug-likeness (QED) is 0.783. The molecule has 128 valence electrons. The van der Waals surface area contributed by atoms with Crippen LogP contribution in [0.1, 0.15) is 45.4 Å². The maximum Gasteiger partial charge on any atom is 0.512 e. The van der Waals surface area contributed by atoms with Crippen molar-refractivity contribution in [3.8, 4) is 0 Å². The first-order valence-electron chi connectivity index (χ1n) is 7.56. The summed E-state index contributed by atoms with van der Waals surface area (Å²) >= 11 is 0. The molecule has 2 heterocycles. The van der Waals surface area contributed by atoms with Gasteiger partial charge in [0.25, 0.3) is 0 Å². The maximum atomic E-state index is 12.6. The number of halogens is 3. The van der Waals surface area contributed by atoms with E-state index in [9.17, 15) is 17.7 Å². The number of carbonyl (C=O) groups excluding carboxylic acids is 1. The summed E-state index contributed by atoms with van der Waals surface area (Å²) in [5.41, 5.74) is -1.34. The van der Waals surface area contributed by atoms with Gasteiger partial charge in [-0.25, -0.2) is 14.8 Å². The number of piperidine rings is 1. The van der Waals surface area contributed by atoms with Crippen molar-refractivity contribution in [2.75, 3.05) is 13.1 Å². The van der Waals surface area contributed by atoms with Crippen LogP contribution in [0.5, 0.6) is 0 Å². The van der Waals surface area contributed by atoms with Crippen LogP contribution < -0.4 is 5.46 Å². The lowest BCUT2D eigenvalue weighted by Gasteiger charge is -2.33. The van der Waals surface area contributed by atoms with Gasteiger partial charge in [-0.1, -0.05) is 5.46 Å². The van der Waals surface area contributed by atoms with Gasteiger partial charge in [-0.05, 0) is 33.6 Å². The first kappa shape index (κ1) is 17.6. The minimum atomic E-state index is -5.07. The summed E-state index contributed by atoms with van der Waals surface area (Å²) in [7, 11) is 0. The molecular formula is C14H20BF3N3O2-. The molecule has 0 atom stereocenters. The van der Waals surface area contributed by atoms with Crippen molar-refractivity contribution in [2.45, 2.75) is 45.1 Å². The predicted octanol–water partition coefficient (Wildman–Crippen LogP) is 2.65. The molecule has 0 saturated carbocycles. The molecule has 2 rings (SSSR count). The highest BCUT2D eigenvalue weighted by molar-refractivity contribution is 6.73. The van der Waals surface area contributed by atoms with E-state index >= 15 is 0 Å². The summed E-state index contributed by atoms with van der Waals surface area (Å²) in [6, 6.07) is 0. The molecule has 1 fully saturated rings. The van der Waals surface area contributed by atoms with Crippen LogP contribution in [0, 0.1) is 0 Å². The van der Waals surface area contributed by atoms with Crippen LogP contribution in [0.2, 0.25) is 0 Å². The fourth-order valence-corrected chi connectivity index (χ4v) is 2.37. The van der Waals surface area contributed by atoms with Crippen LogP contribution in [0.4, 0.5) is 17.7 Å². The van der Waals surface area contributed by atoms with Crippen molar-refractivity contribution in [3.63, 3.8) is 0 Å². The molecule has 0 N–H and O–H groups in total. The van der Waals surface area contributed by atoms with E-state index in [0.717, 1.165) is 12.4 Å². The monoisotopic (exact) mass is 330 g/mol. The Hall–Kier alpha value is -1.80. The average Bonchev–Trinajstić information content (AvgIpc) is 2.45. The summed E-state index contributed by atoms with van der Waals surface area (Å²) in [6.45, 7) is 1.29. The van der Waals surface area contributed by atoms with Crippen molar-refractivity contribution in [1.82, 2.24) is 14.9 Å². The van der Waals surface area contributed by atoms with Gasteiger partial charge in [0, 0.05) is 31.4 Å². The third-order valence-corrected chi connectivity index (χ3v) is 3.58. The first-order chi connectivity index (χ1) is 10.6. The number of hydrogen-bond donors (Lipinski definition) is 0. The van der Waals surface area contributed by atoms with Crippen LogP contribution in [-0.4, -0.2) is 46.6 Å². The Morgan fingerprint density at radius 1 is 1.22 bits per heavy atom. The molecule has 0 unspecified atom stereocenters. The highest BCUT2D eigenvalue weighted by Gasteiger charge is 2.30. The number of carbonyl (C=O) groups is 1. The van der Waals surface area contributed by atoms with Gasteiger partial charge >= 0.3 is 13.1 Å². The zero-order valence-corrected chi connectivity index (χ0v) is 13.4. The molecule has 1 aliphatic heterocycles. The van der Waals surface area contributed by atoms with Gasteiger partial charge in [-0.3, -0.25) is 0 Å². The first-order valence-corrected chi connectivity index (χ1v) is 7.56. The predicted molar refractivity (Wildman–Crippen MR) is 80.5 cm³/mol. The zero-order valence-electron chi connectivity index (χ0n) is 13.4. The van der Waals surface area contributed by atoms with E-state index in [0.29, 0.717) is 31.8 Å². The van der Waals surface area contributed by atoms with Gasteiger partial charge in [0.05, 0.1) is 0 Å². The largest absolute Gasteiger partial charge is 0.512 e. The molecule has 0 radical (unpaired) electrons. The lowest BCUT2D eigenvalue weighted by Crippen LogP contribution is -2.41. The molecule has 1 saturated heterocycles. The van der Waals surface area contributed by atoms with Gasteiger partial charge in [-0.15, -0.1) is 0 Å². The van der Waals surface area contributed by atoms with Crippen LogP contribution in [0.3, 0.4) is 0 Å². The van der Waals surface area contributed by atoms with Crippen LogP contribution >= 0.6 is 0 Å². The van der Waals surface area contributed by atoms with Gasteiger partial charge in [0.15, 0.2) is 0 Å². The Kier molecular flexibility index (Phi) is 4.86. The van der Waals surface area contributed by atoms with Gasteiger partial charge in [-0.2, -0.15) is 0 Å². The van der Waals surface area contributed by atoms with E-state index in [1.807, 2.05) is 0 Å². The molecule has 0 bridgehead atoms. The topological polar surface area (TPSA) is 55.3 Å². The molecule has 0 aliphatic carbocycles. The molecule has 1 aromatic rings. The van der Waals surface area contributed by atoms with E-state index in [4.69, 9.17) is 4.74 Å². The second-order valence-corrected chi connectivity index (χ2v) is 6.69. The van der Waals surface area contributed by atoms with Crippen molar-refractivity contribution >= 4 is 18.5 Å². The van der Waals surface area contributed by atoms with E-state index in [2.05, 4.69) is 9.97 Å². The van der Waals surface area contributed by atoms with Gasteiger partial charge in [0.1, 0.15) is 11.4 Å². The summed E-state index contributed by atoms with van der Waals surface area (Å²) in [4.78, 5) is 21.3. The van der Waals surface area contributed by atoms with Crippen LogP contribution in [0.15, 0.2) is 12.4 Å². The number of hydrogen-bond acceptors (Lipinski definition) is 4. The fourth-order valence-electron chi connectivity index (χ4n) is 2.37. The molecule has 1 amide bonds. The second kappa shape index (κ2) is 6.37. The summed E-state index contributed by atoms with van der Waals surface area (Å²) in [5, 5.41) is 0. The minimum absolute atomic E-state index is 0.0385. The Bertz CT molecular complexity index is 550. The molecule has 1 aliphatic rings. The summed E-state index contributed by atoms with van der Waals surface area (Å²) < 4.78 is 43.0. The summed E-state index contributed by atoms with van der Waals surface area (Å²) in [5.74, 6) is 0.362. The number of amides is 1. The molecule has 1 aromatic heterocycles. The molecule has 9 heteroatoms. The van der Waals surface area contributed by atoms with Crippen LogP contribution in [-0.2, 0) is 4.74 Å². The second-order valence-electron chi connectivity index (χ2n) is 6.69. The van der Waals surface area contributed by atoms with E-state index in [-0.39, 0.29) is 12.0 Å². The number of ether oxygens (including phenoxy) is 1. The average molecular weight is 330 g/mol. The highest BCUT2D eigenvalue weighted by atomic mass is 19.4. The third-order valence-electron chi connectivity index (χ3n) is 3.58. The third kappa shape index (κ3) is 4.84. The van der Waals surface area contributed by atoms with Crippen molar-refractivity contribution < 1.29 is 22.5 Å². The SMILES string of the molecule is CC(C)(C)OC(=O)N1CCC(c2ncc([B-](F)(F)F)cn2)CC1.